The van der Waals surface area contributed by atoms with E-state index in [9.17, 15) is 9.59 Å². The Morgan fingerprint density at radius 1 is 0.929 bits per heavy atom. The van der Waals surface area contributed by atoms with Gasteiger partial charge in [0.2, 0.25) is 0 Å². The summed E-state index contributed by atoms with van der Waals surface area (Å²) in [6, 6.07) is 14.2. The molecule has 28 heavy (non-hydrogen) atoms. The van der Waals surface area contributed by atoms with Gasteiger partial charge in [0, 0.05) is 11.8 Å². The highest BCUT2D eigenvalue weighted by Gasteiger charge is 2.04. The lowest BCUT2D eigenvalue weighted by Gasteiger charge is -2.09. The highest BCUT2D eigenvalue weighted by Crippen LogP contribution is 2.18. The van der Waals surface area contributed by atoms with E-state index in [4.69, 9.17) is 14.2 Å². The maximum absolute atomic E-state index is 12.0. The molecule has 0 aliphatic carbocycles. The molecule has 0 fully saturated rings. The van der Waals surface area contributed by atoms with Gasteiger partial charge in [-0.05, 0) is 61.4 Å². The fourth-order valence-corrected chi connectivity index (χ4v) is 2.23. The van der Waals surface area contributed by atoms with Crippen molar-refractivity contribution >= 4 is 23.6 Å². The van der Waals surface area contributed by atoms with Gasteiger partial charge in [-0.25, -0.2) is 4.79 Å². The van der Waals surface area contributed by atoms with Crippen molar-refractivity contribution in [3.8, 4) is 11.5 Å². The Kier molecular flexibility index (Phi) is 8.59. The molecule has 0 atom stereocenters. The number of rotatable bonds is 10. The van der Waals surface area contributed by atoms with Gasteiger partial charge in [0.1, 0.15) is 11.5 Å². The van der Waals surface area contributed by atoms with Crippen LogP contribution < -0.4 is 14.8 Å². The predicted octanol–water partition coefficient (Wildman–Crippen LogP) is 4.07. The monoisotopic (exact) mass is 383 g/mol. The number of benzene rings is 2. The number of hydrogen-bond acceptors (Lipinski definition) is 5. The first-order valence-corrected chi connectivity index (χ1v) is 9.21. The molecule has 2 aromatic rings. The van der Waals surface area contributed by atoms with E-state index in [1.54, 1.807) is 49.4 Å². The van der Waals surface area contributed by atoms with Crippen molar-refractivity contribution in [1.82, 2.24) is 0 Å². The second-order valence-electron chi connectivity index (χ2n) is 5.86. The van der Waals surface area contributed by atoms with E-state index in [0.717, 1.165) is 17.7 Å². The molecule has 0 aliphatic rings. The van der Waals surface area contributed by atoms with Crippen LogP contribution in [-0.2, 0) is 14.3 Å². The van der Waals surface area contributed by atoms with Crippen LogP contribution in [0.25, 0.3) is 6.08 Å². The van der Waals surface area contributed by atoms with Crippen molar-refractivity contribution in [2.75, 3.05) is 25.1 Å². The zero-order chi connectivity index (χ0) is 20.2. The van der Waals surface area contributed by atoms with Crippen LogP contribution in [0.2, 0.25) is 0 Å². The van der Waals surface area contributed by atoms with Crippen molar-refractivity contribution in [3.05, 3.63) is 60.2 Å². The number of esters is 1. The van der Waals surface area contributed by atoms with E-state index in [2.05, 4.69) is 5.32 Å². The van der Waals surface area contributed by atoms with Crippen LogP contribution >= 0.6 is 0 Å². The molecule has 2 rings (SSSR count). The number of carbonyl (C=O) groups excluding carboxylic acids is 2. The molecule has 0 unspecified atom stereocenters. The highest BCUT2D eigenvalue weighted by atomic mass is 16.5. The summed E-state index contributed by atoms with van der Waals surface area (Å²) >= 11 is 0. The van der Waals surface area contributed by atoms with Crippen LogP contribution in [0.3, 0.4) is 0 Å². The Morgan fingerprint density at radius 2 is 1.57 bits per heavy atom. The largest absolute Gasteiger partial charge is 0.494 e. The molecule has 0 saturated carbocycles. The molecular weight excluding hydrogens is 358 g/mol. The number of anilines is 1. The van der Waals surface area contributed by atoms with E-state index in [0.29, 0.717) is 24.7 Å². The summed E-state index contributed by atoms with van der Waals surface area (Å²) in [5.74, 6) is 0.720. The van der Waals surface area contributed by atoms with E-state index in [-0.39, 0.29) is 18.5 Å². The highest BCUT2D eigenvalue weighted by molar-refractivity contribution is 5.92. The van der Waals surface area contributed by atoms with Gasteiger partial charge in [-0.15, -0.1) is 0 Å². The first kappa shape index (κ1) is 21.0. The van der Waals surface area contributed by atoms with Gasteiger partial charge in [0.05, 0.1) is 13.2 Å². The zero-order valence-corrected chi connectivity index (χ0v) is 16.1. The number of carbonyl (C=O) groups is 2. The number of nitrogens with one attached hydrogen (secondary N) is 1. The molecule has 6 heteroatoms. The second kappa shape index (κ2) is 11.4. The summed E-state index contributed by atoms with van der Waals surface area (Å²) < 4.78 is 15.8. The fraction of sp³-hybridized carbons (Fsp3) is 0.273. The van der Waals surface area contributed by atoms with E-state index in [1.165, 1.54) is 6.08 Å². The average Bonchev–Trinajstić information content (AvgIpc) is 2.71. The van der Waals surface area contributed by atoms with E-state index < -0.39 is 0 Å². The van der Waals surface area contributed by atoms with Gasteiger partial charge >= 0.3 is 5.97 Å². The second-order valence-corrected chi connectivity index (χ2v) is 5.86. The van der Waals surface area contributed by atoms with Crippen LogP contribution in [-0.4, -0.2) is 31.7 Å². The molecule has 6 nitrogen and oxygen atoms in total. The van der Waals surface area contributed by atoms with Gasteiger partial charge in [0.25, 0.3) is 5.91 Å². The van der Waals surface area contributed by atoms with E-state index >= 15 is 0 Å². The van der Waals surface area contributed by atoms with Gasteiger partial charge in [-0.2, -0.15) is 0 Å². The minimum atomic E-state index is -0.387. The molecule has 0 spiro atoms. The molecule has 2 aromatic carbocycles. The van der Waals surface area contributed by atoms with Crippen molar-refractivity contribution in [2.24, 2.45) is 0 Å². The van der Waals surface area contributed by atoms with E-state index in [1.807, 2.05) is 19.1 Å². The lowest BCUT2D eigenvalue weighted by molar-refractivity contribution is -0.137. The molecule has 0 bridgehead atoms. The van der Waals surface area contributed by atoms with Crippen molar-refractivity contribution in [2.45, 2.75) is 20.3 Å². The Balaban J connectivity index is 1.78. The number of ether oxygens (including phenoxy) is 3. The first-order chi connectivity index (χ1) is 13.6. The summed E-state index contributed by atoms with van der Waals surface area (Å²) in [5.41, 5.74) is 1.47. The third kappa shape index (κ3) is 7.53. The topological polar surface area (TPSA) is 73.9 Å². The van der Waals surface area contributed by atoms with Crippen LogP contribution in [0.4, 0.5) is 5.69 Å². The molecular formula is C22H25NO5. The Bertz CT molecular complexity index is 782. The number of hydrogen-bond donors (Lipinski definition) is 1. The van der Waals surface area contributed by atoms with Crippen LogP contribution in [0.15, 0.2) is 54.6 Å². The molecule has 0 radical (unpaired) electrons. The molecule has 148 valence electrons. The molecule has 0 aliphatic heterocycles. The third-order valence-corrected chi connectivity index (χ3v) is 3.56. The lowest BCUT2D eigenvalue weighted by Crippen LogP contribution is -2.20. The molecule has 0 aromatic heterocycles. The zero-order valence-electron chi connectivity index (χ0n) is 16.1. The molecule has 0 saturated heterocycles. The van der Waals surface area contributed by atoms with Crippen molar-refractivity contribution < 1.29 is 23.8 Å². The van der Waals surface area contributed by atoms with Gasteiger partial charge in [0.15, 0.2) is 6.61 Å². The first-order valence-electron chi connectivity index (χ1n) is 9.21. The van der Waals surface area contributed by atoms with Crippen LogP contribution in [0.1, 0.15) is 25.8 Å². The lowest BCUT2D eigenvalue weighted by atomic mass is 10.2. The SMILES string of the molecule is CCCOc1ccc(OCC(=O)Nc2ccc(/C=C/C(=O)OCC)cc2)cc1. The van der Waals surface area contributed by atoms with Crippen molar-refractivity contribution in [1.29, 1.82) is 0 Å². The van der Waals surface area contributed by atoms with Crippen LogP contribution in [0, 0.1) is 0 Å². The summed E-state index contributed by atoms with van der Waals surface area (Å²) in [5, 5.41) is 2.76. The Hall–Kier alpha value is -3.28. The standard InChI is InChI=1S/C22H25NO5/c1-3-15-27-19-10-12-20(13-11-19)28-16-21(24)23-18-8-5-17(6-9-18)7-14-22(25)26-4-2/h5-14H,3-4,15-16H2,1-2H3,(H,23,24)/b14-7+. The van der Waals surface area contributed by atoms with Gasteiger partial charge < -0.3 is 19.5 Å². The Labute approximate surface area is 165 Å². The normalized spacial score (nSPS) is 10.5. The summed E-state index contributed by atoms with van der Waals surface area (Å²) in [4.78, 5) is 23.3. The maximum Gasteiger partial charge on any atom is 0.330 e. The van der Waals surface area contributed by atoms with Crippen molar-refractivity contribution in [3.63, 3.8) is 0 Å². The number of amides is 1. The smallest absolute Gasteiger partial charge is 0.330 e. The quantitative estimate of drug-likeness (QED) is 0.494. The predicted molar refractivity (Wildman–Crippen MR) is 108 cm³/mol. The maximum atomic E-state index is 12.0. The minimum Gasteiger partial charge on any atom is -0.494 e. The summed E-state index contributed by atoms with van der Waals surface area (Å²) in [6.45, 7) is 4.71. The summed E-state index contributed by atoms with van der Waals surface area (Å²) in [7, 11) is 0. The fourth-order valence-electron chi connectivity index (χ4n) is 2.23. The minimum absolute atomic E-state index is 0.0975. The summed E-state index contributed by atoms with van der Waals surface area (Å²) in [6.07, 6.45) is 3.96. The Morgan fingerprint density at radius 3 is 2.18 bits per heavy atom. The average molecular weight is 383 g/mol. The third-order valence-electron chi connectivity index (χ3n) is 3.56. The van der Waals surface area contributed by atoms with Gasteiger partial charge in [-0.3, -0.25) is 4.79 Å². The van der Waals surface area contributed by atoms with Crippen LogP contribution in [0.5, 0.6) is 11.5 Å². The molecule has 1 N–H and O–H groups in total. The van der Waals surface area contributed by atoms with Gasteiger partial charge in [-0.1, -0.05) is 19.1 Å². The molecule has 0 heterocycles. The molecule has 1 amide bonds.